The summed E-state index contributed by atoms with van der Waals surface area (Å²) in [6.45, 7) is 10.7. The van der Waals surface area contributed by atoms with E-state index in [0.717, 1.165) is 27.3 Å². The number of rotatable bonds is 8. The molecule has 0 aliphatic heterocycles. The Morgan fingerprint density at radius 1 is 1.06 bits per heavy atom. The lowest BCUT2D eigenvalue weighted by molar-refractivity contribution is -0.140. The Balaban J connectivity index is 2.44. The van der Waals surface area contributed by atoms with Gasteiger partial charge in [0.25, 0.3) is 0 Å². The van der Waals surface area contributed by atoms with E-state index in [0.29, 0.717) is 5.02 Å². The molecular weight excluding hydrogens is 474 g/mol. The minimum Gasteiger partial charge on any atom is -0.350 e. The van der Waals surface area contributed by atoms with Gasteiger partial charge in [0.2, 0.25) is 21.8 Å². The van der Waals surface area contributed by atoms with Gasteiger partial charge in [-0.1, -0.05) is 41.9 Å². The van der Waals surface area contributed by atoms with Crippen molar-refractivity contribution in [3.05, 3.63) is 64.2 Å². The Kier molecular flexibility index (Phi) is 8.77. The SMILES string of the molecule is Cc1ccc(N(CC(=O)N(Cc2ccccc2C)[C@H](C)C(=O)NC(C)(C)C)S(C)(=O)=O)cc1Cl. The molecule has 0 bridgehead atoms. The van der Waals surface area contributed by atoms with E-state index < -0.39 is 34.1 Å². The largest absolute Gasteiger partial charge is 0.350 e. The molecule has 0 fully saturated rings. The van der Waals surface area contributed by atoms with Crippen LogP contribution in [0.25, 0.3) is 0 Å². The summed E-state index contributed by atoms with van der Waals surface area (Å²) in [4.78, 5) is 27.9. The lowest BCUT2D eigenvalue weighted by Gasteiger charge is -2.33. The summed E-state index contributed by atoms with van der Waals surface area (Å²) in [6, 6.07) is 11.6. The second kappa shape index (κ2) is 10.8. The highest BCUT2D eigenvalue weighted by Gasteiger charge is 2.31. The van der Waals surface area contributed by atoms with Gasteiger partial charge in [-0.15, -0.1) is 0 Å². The summed E-state index contributed by atoms with van der Waals surface area (Å²) in [6.07, 6.45) is 1.04. The van der Waals surface area contributed by atoms with E-state index in [-0.39, 0.29) is 18.1 Å². The zero-order chi connectivity index (χ0) is 25.8. The molecule has 1 N–H and O–H groups in total. The molecule has 186 valence electrons. The second-order valence-electron chi connectivity index (χ2n) is 9.57. The van der Waals surface area contributed by atoms with Crippen molar-refractivity contribution in [3.8, 4) is 0 Å². The normalized spacial score (nSPS) is 12.7. The van der Waals surface area contributed by atoms with Crippen molar-refractivity contribution < 1.29 is 18.0 Å². The van der Waals surface area contributed by atoms with Crippen molar-refractivity contribution >= 4 is 39.1 Å². The molecule has 2 rings (SSSR count). The number of hydrogen-bond acceptors (Lipinski definition) is 4. The Labute approximate surface area is 208 Å². The number of anilines is 1. The number of aryl methyl sites for hydroxylation is 2. The monoisotopic (exact) mass is 507 g/mol. The van der Waals surface area contributed by atoms with Gasteiger partial charge in [-0.3, -0.25) is 13.9 Å². The molecule has 0 saturated carbocycles. The zero-order valence-corrected chi connectivity index (χ0v) is 22.4. The highest BCUT2D eigenvalue weighted by Crippen LogP contribution is 2.25. The van der Waals surface area contributed by atoms with Crippen LogP contribution in [0.4, 0.5) is 5.69 Å². The maximum atomic E-state index is 13.6. The van der Waals surface area contributed by atoms with Gasteiger partial charge in [-0.25, -0.2) is 8.42 Å². The average Bonchev–Trinajstić information content (AvgIpc) is 2.70. The van der Waals surface area contributed by atoms with Gasteiger partial charge in [-0.2, -0.15) is 0 Å². The molecule has 0 aliphatic carbocycles. The van der Waals surface area contributed by atoms with Crippen molar-refractivity contribution in [1.29, 1.82) is 0 Å². The molecule has 0 saturated heterocycles. The standard InChI is InChI=1S/C25H34ClN3O4S/c1-17-10-8-9-11-20(17)15-28(19(3)24(31)27-25(4,5)6)23(30)16-29(34(7,32)33)21-13-12-18(2)22(26)14-21/h8-14,19H,15-16H2,1-7H3,(H,27,31)/t19-/m1/s1. The Bertz CT molecular complexity index is 1160. The van der Waals surface area contributed by atoms with Gasteiger partial charge in [0.15, 0.2) is 0 Å². The lowest BCUT2D eigenvalue weighted by atomic mass is 10.1. The number of nitrogens with one attached hydrogen (secondary N) is 1. The molecular formula is C25H34ClN3O4S. The van der Waals surface area contributed by atoms with Crippen LogP contribution in [0, 0.1) is 13.8 Å². The van der Waals surface area contributed by atoms with Crippen LogP contribution in [0.3, 0.4) is 0 Å². The first-order valence-electron chi connectivity index (χ1n) is 11.0. The lowest BCUT2D eigenvalue weighted by Crippen LogP contribution is -2.54. The molecule has 7 nitrogen and oxygen atoms in total. The number of carbonyl (C=O) groups is 2. The summed E-state index contributed by atoms with van der Waals surface area (Å²) < 4.78 is 26.3. The third kappa shape index (κ3) is 7.46. The predicted octanol–water partition coefficient (Wildman–Crippen LogP) is 4.05. The second-order valence-corrected chi connectivity index (χ2v) is 11.9. The molecule has 0 radical (unpaired) electrons. The smallest absolute Gasteiger partial charge is 0.244 e. The Morgan fingerprint density at radius 2 is 1.68 bits per heavy atom. The molecule has 1 atom stereocenters. The van der Waals surface area contributed by atoms with Crippen LogP contribution in [-0.4, -0.2) is 49.5 Å². The van der Waals surface area contributed by atoms with E-state index in [1.54, 1.807) is 19.1 Å². The average molecular weight is 508 g/mol. The van der Waals surface area contributed by atoms with Gasteiger partial charge in [0.1, 0.15) is 12.6 Å². The summed E-state index contributed by atoms with van der Waals surface area (Å²) in [7, 11) is -3.81. The van der Waals surface area contributed by atoms with Crippen molar-refractivity contribution in [3.63, 3.8) is 0 Å². The van der Waals surface area contributed by atoms with E-state index in [4.69, 9.17) is 11.6 Å². The van der Waals surface area contributed by atoms with E-state index in [1.165, 1.54) is 11.0 Å². The van der Waals surface area contributed by atoms with Crippen LogP contribution in [0.5, 0.6) is 0 Å². The van der Waals surface area contributed by atoms with E-state index in [9.17, 15) is 18.0 Å². The molecule has 2 aromatic rings. The molecule has 2 amide bonds. The van der Waals surface area contributed by atoms with Gasteiger partial charge in [-0.05, 0) is 70.4 Å². The Hall–Kier alpha value is -2.58. The fraction of sp³-hybridized carbons (Fsp3) is 0.440. The van der Waals surface area contributed by atoms with E-state index in [2.05, 4.69) is 5.32 Å². The summed E-state index contributed by atoms with van der Waals surface area (Å²) in [5.74, 6) is -0.819. The molecule has 34 heavy (non-hydrogen) atoms. The third-order valence-electron chi connectivity index (χ3n) is 5.39. The molecule has 9 heteroatoms. The summed E-state index contributed by atoms with van der Waals surface area (Å²) in [5.41, 5.74) is 2.43. The minimum atomic E-state index is -3.81. The third-order valence-corrected chi connectivity index (χ3v) is 6.94. The van der Waals surface area contributed by atoms with Crippen molar-refractivity contribution in [2.75, 3.05) is 17.1 Å². The molecule has 0 spiro atoms. The number of halogens is 1. The first-order valence-corrected chi connectivity index (χ1v) is 13.2. The van der Waals surface area contributed by atoms with E-state index >= 15 is 0 Å². The quantitative estimate of drug-likeness (QED) is 0.583. The van der Waals surface area contributed by atoms with Crippen molar-refractivity contribution in [2.24, 2.45) is 0 Å². The van der Waals surface area contributed by atoms with Gasteiger partial charge in [0.05, 0.1) is 11.9 Å². The van der Waals surface area contributed by atoms with Crippen LogP contribution in [0.1, 0.15) is 44.4 Å². The van der Waals surface area contributed by atoms with Crippen LogP contribution in [0.15, 0.2) is 42.5 Å². The predicted molar refractivity (Wildman–Crippen MR) is 137 cm³/mol. The van der Waals surface area contributed by atoms with Crippen LogP contribution >= 0.6 is 11.6 Å². The fourth-order valence-electron chi connectivity index (χ4n) is 3.38. The number of hydrogen-bond donors (Lipinski definition) is 1. The summed E-state index contributed by atoms with van der Waals surface area (Å²) in [5, 5.41) is 3.30. The molecule has 2 aromatic carbocycles. The van der Waals surface area contributed by atoms with Crippen molar-refractivity contribution in [1.82, 2.24) is 10.2 Å². The molecule has 0 unspecified atom stereocenters. The van der Waals surface area contributed by atoms with Crippen LogP contribution < -0.4 is 9.62 Å². The van der Waals surface area contributed by atoms with Gasteiger partial charge in [0, 0.05) is 17.1 Å². The highest BCUT2D eigenvalue weighted by atomic mass is 35.5. The number of nitrogens with zero attached hydrogens (tertiary/aromatic N) is 2. The number of amides is 2. The van der Waals surface area contributed by atoms with Crippen molar-refractivity contribution in [2.45, 2.75) is 59.7 Å². The molecule has 0 heterocycles. The maximum Gasteiger partial charge on any atom is 0.244 e. The van der Waals surface area contributed by atoms with Crippen LogP contribution in [0.2, 0.25) is 5.02 Å². The highest BCUT2D eigenvalue weighted by molar-refractivity contribution is 7.92. The number of benzene rings is 2. The van der Waals surface area contributed by atoms with Gasteiger partial charge < -0.3 is 10.2 Å². The number of sulfonamides is 1. The topological polar surface area (TPSA) is 86.8 Å². The first-order chi connectivity index (χ1) is 15.6. The van der Waals surface area contributed by atoms with E-state index in [1.807, 2.05) is 58.9 Å². The van der Waals surface area contributed by atoms with Crippen LogP contribution in [-0.2, 0) is 26.2 Å². The zero-order valence-electron chi connectivity index (χ0n) is 20.8. The molecule has 0 aliphatic rings. The first kappa shape index (κ1) is 27.7. The number of carbonyl (C=O) groups excluding carboxylic acids is 2. The minimum absolute atomic E-state index is 0.163. The maximum absolute atomic E-state index is 13.6. The van der Waals surface area contributed by atoms with Gasteiger partial charge >= 0.3 is 0 Å². The summed E-state index contributed by atoms with van der Waals surface area (Å²) >= 11 is 6.22. The Morgan fingerprint density at radius 3 is 2.21 bits per heavy atom. The molecule has 0 aromatic heterocycles. The fourth-order valence-corrected chi connectivity index (χ4v) is 4.39.